The van der Waals surface area contributed by atoms with E-state index in [4.69, 9.17) is 9.15 Å². The summed E-state index contributed by atoms with van der Waals surface area (Å²) in [5.74, 6) is 1.17. The largest absolute Gasteiger partial charge is 0.493 e. The van der Waals surface area contributed by atoms with E-state index < -0.39 is 0 Å². The second-order valence-corrected chi connectivity index (χ2v) is 5.15. The minimum absolute atomic E-state index is 0.262. The lowest BCUT2D eigenvalue weighted by Gasteiger charge is -2.05. The molecule has 1 amide bonds. The van der Waals surface area contributed by atoms with Gasteiger partial charge in [0.05, 0.1) is 7.11 Å². The number of rotatable bonds is 6. The van der Waals surface area contributed by atoms with E-state index in [0.717, 1.165) is 10.9 Å². The molecule has 0 aliphatic carbocycles. The molecule has 124 valence electrons. The summed E-state index contributed by atoms with van der Waals surface area (Å²) in [6, 6.07) is 7.32. The molecule has 0 radical (unpaired) electrons. The molecular formula is C17H18N4O3. The van der Waals surface area contributed by atoms with Gasteiger partial charge in [-0.25, -0.2) is 9.97 Å². The van der Waals surface area contributed by atoms with E-state index in [9.17, 15) is 4.79 Å². The van der Waals surface area contributed by atoms with Gasteiger partial charge in [0.2, 0.25) is 5.95 Å². The maximum atomic E-state index is 12.3. The average molecular weight is 326 g/mol. The van der Waals surface area contributed by atoms with Crippen molar-refractivity contribution in [1.29, 1.82) is 0 Å². The number of amides is 1. The Morgan fingerprint density at radius 3 is 2.75 bits per heavy atom. The van der Waals surface area contributed by atoms with Crippen molar-refractivity contribution >= 4 is 22.8 Å². The van der Waals surface area contributed by atoms with E-state index in [1.807, 2.05) is 19.1 Å². The molecule has 3 aromatic rings. The number of carbonyl (C=O) groups excluding carboxylic acids is 1. The van der Waals surface area contributed by atoms with Gasteiger partial charge in [-0.05, 0) is 19.1 Å². The highest BCUT2D eigenvalue weighted by Crippen LogP contribution is 2.32. The van der Waals surface area contributed by atoms with Crippen molar-refractivity contribution in [3.8, 4) is 5.75 Å². The lowest BCUT2D eigenvalue weighted by molar-refractivity contribution is 0.0928. The summed E-state index contributed by atoms with van der Waals surface area (Å²) in [6.07, 6.45) is 3.30. The van der Waals surface area contributed by atoms with Crippen LogP contribution in [-0.2, 0) is 0 Å². The molecule has 0 saturated heterocycles. The number of ether oxygens (including phenoxy) is 1. The molecule has 2 aromatic heterocycles. The second-order valence-electron chi connectivity index (χ2n) is 5.15. The molecule has 2 N–H and O–H groups in total. The number of nitrogens with zero attached hydrogens (tertiary/aromatic N) is 2. The first-order valence-corrected chi connectivity index (χ1v) is 7.56. The summed E-state index contributed by atoms with van der Waals surface area (Å²) >= 11 is 0. The topological polar surface area (TPSA) is 89.3 Å². The molecule has 2 heterocycles. The van der Waals surface area contributed by atoms with Crippen LogP contribution in [-0.4, -0.2) is 36.1 Å². The summed E-state index contributed by atoms with van der Waals surface area (Å²) in [5, 5.41) is 6.71. The predicted molar refractivity (Wildman–Crippen MR) is 90.4 cm³/mol. The van der Waals surface area contributed by atoms with Gasteiger partial charge in [-0.2, -0.15) is 0 Å². The molecule has 0 bridgehead atoms. The van der Waals surface area contributed by atoms with Crippen LogP contribution in [0.5, 0.6) is 5.75 Å². The van der Waals surface area contributed by atoms with Gasteiger partial charge < -0.3 is 19.8 Å². The maximum Gasteiger partial charge on any atom is 0.287 e. The zero-order valence-electron chi connectivity index (χ0n) is 13.5. The number of aryl methyl sites for hydroxylation is 1. The molecule has 7 nitrogen and oxygen atoms in total. The predicted octanol–water partition coefficient (Wildman–Crippen LogP) is 2.38. The molecule has 0 fully saturated rings. The van der Waals surface area contributed by atoms with Crippen LogP contribution in [0.15, 0.2) is 41.1 Å². The first-order valence-electron chi connectivity index (χ1n) is 7.56. The third-order valence-corrected chi connectivity index (χ3v) is 3.61. The van der Waals surface area contributed by atoms with Gasteiger partial charge in [-0.3, -0.25) is 4.79 Å². The monoisotopic (exact) mass is 326 g/mol. The van der Waals surface area contributed by atoms with Crippen LogP contribution in [0.25, 0.3) is 11.0 Å². The van der Waals surface area contributed by atoms with E-state index in [-0.39, 0.29) is 5.91 Å². The first-order chi connectivity index (χ1) is 11.7. The Morgan fingerprint density at radius 1 is 1.21 bits per heavy atom. The number of furan rings is 1. The van der Waals surface area contributed by atoms with Gasteiger partial charge in [-0.15, -0.1) is 0 Å². The van der Waals surface area contributed by atoms with Crippen LogP contribution in [0.1, 0.15) is 16.1 Å². The van der Waals surface area contributed by atoms with Gasteiger partial charge in [0, 0.05) is 36.4 Å². The summed E-state index contributed by atoms with van der Waals surface area (Å²) < 4.78 is 11.0. The smallest absolute Gasteiger partial charge is 0.287 e. The van der Waals surface area contributed by atoms with Crippen molar-refractivity contribution in [2.75, 3.05) is 25.5 Å². The maximum absolute atomic E-state index is 12.3. The number of fused-ring (bicyclic) bond motifs is 1. The van der Waals surface area contributed by atoms with E-state index in [1.54, 1.807) is 31.6 Å². The number of para-hydroxylation sites is 1. The molecule has 24 heavy (non-hydrogen) atoms. The van der Waals surface area contributed by atoms with Crippen molar-refractivity contribution in [1.82, 2.24) is 15.3 Å². The van der Waals surface area contributed by atoms with Crippen LogP contribution in [0.3, 0.4) is 0 Å². The molecule has 7 heteroatoms. The zero-order chi connectivity index (χ0) is 16.9. The highest BCUT2D eigenvalue weighted by Gasteiger charge is 2.19. The molecule has 0 spiro atoms. The zero-order valence-corrected chi connectivity index (χ0v) is 13.5. The Bertz CT molecular complexity index is 846. The fraction of sp³-hybridized carbons (Fsp3) is 0.235. The van der Waals surface area contributed by atoms with Crippen molar-refractivity contribution in [2.24, 2.45) is 0 Å². The van der Waals surface area contributed by atoms with Crippen molar-refractivity contribution < 1.29 is 13.9 Å². The van der Waals surface area contributed by atoms with Gasteiger partial charge in [0.1, 0.15) is 0 Å². The van der Waals surface area contributed by atoms with Gasteiger partial charge in [0.15, 0.2) is 17.1 Å². The third kappa shape index (κ3) is 3.15. The minimum Gasteiger partial charge on any atom is -0.493 e. The first kappa shape index (κ1) is 15.8. The fourth-order valence-corrected chi connectivity index (χ4v) is 2.42. The van der Waals surface area contributed by atoms with Crippen LogP contribution in [0.4, 0.5) is 5.95 Å². The Kier molecular flexibility index (Phi) is 4.60. The van der Waals surface area contributed by atoms with E-state index in [1.165, 1.54) is 0 Å². The van der Waals surface area contributed by atoms with Crippen LogP contribution >= 0.6 is 0 Å². The molecular weight excluding hydrogens is 308 g/mol. The molecule has 0 aliphatic rings. The molecule has 0 unspecified atom stereocenters. The van der Waals surface area contributed by atoms with E-state index in [0.29, 0.717) is 36.1 Å². The molecule has 0 saturated carbocycles. The fourth-order valence-electron chi connectivity index (χ4n) is 2.42. The lowest BCUT2D eigenvalue weighted by atomic mass is 10.1. The summed E-state index contributed by atoms with van der Waals surface area (Å²) in [7, 11) is 1.57. The minimum atomic E-state index is -0.262. The van der Waals surface area contributed by atoms with Crippen molar-refractivity contribution in [3.63, 3.8) is 0 Å². The second kappa shape index (κ2) is 6.99. The van der Waals surface area contributed by atoms with E-state index >= 15 is 0 Å². The SMILES string of the molecule is COc1cccc2c(C)c(C(=O)NCCNc3ncccn3)oc12. The number of benzene rings is 1. The number of hydrogen-bond acceptors (Lipinski definition) is 6. The number of anilines is 1. The van der Waals surface area contributed by atoms with Gasteiger partial charge in [0.25, 0.3) is 5.91 Å². The van der Waals surface area contributed by atoms with Gasteiger partial charge in [-0.1, -0.05) is 12.1 Å². The third-order valence-electron chi connectivity index (χ3n) is 3.61. The lowest BCUT2D eigenvalue weighted by Crippen LogP contribution is -2.29. The highest BCUT2D eigenvalue weighted by molar-refractivity contribution is 6.00. The Hall–Kier alpha value is -3.09. The quantitative estimate of drug-likeness (QED) is 0.676. The number of nitrogens with one attached hydrogen (secondary N) is 2. The van der Waals surface area contributed by atoms with Crippen molar-refractivity contribution in [2.45, 2.75) is 6.92 Å². The van der Waals surface area contributed by atoms with Gasteiger partial charge >= 0.3 is 0 Å². The summed E-state index contributed by atoms with van der Waals surface area (Å²) in [6.45, 7) is 2.79. The number of methoxy groups -OCH3 is 1. The normalized spacial score (nSPS) is 10.6. The molecule has 0 atom stereocenters. The molecule has 0 aliphatic heterocycles. The van der Waals surface area contributed by atoms with Crippen LogP contribution in [0.2, 0.25) is 0 Å². The number of hydrogen-bond donors (Lipinski definition) is 2. The number of carbonyl (C=O) groups is 1. The number of aromatic nitrogens is 2. The van der Waals surface area contributed by atoms with Crippen molar-refractivity contribution in [3.05, 3.63) is 48.0 Å². The summed E-state index contributed by atoms with van der Waals surface area (Å²) in [5.41, 5.74) is 1.37. The Labute approximate surface area is 139 Å². The Balaban J connectivity index is 1.65. The highest BCUT2D eigenvalue weighted by atomic mass is 16.5. The van der Waals surface area contributed by atoms with Crippen LogP contribution < -0.4 is 15.4 Å². The standard InChI is InChI=1S/C17H18N4O3/c1-11-12-5-3-6-13(23-2)15(12)24-14(11)16(22)18-9-10-21-17-19-7-4-8-20-17/h3-8H,9-10H2,1-2H3,(H,18,22)(H,19,20,21). The average Bonchev–Trinajstić information content (AvgIpc) is 2.96. The van der Waals surface area contributed by atoms with Crippen LogP contribution in [0, 0.1) is 6.92 Å². The molecule has 1 aromatic carbocycles. The van der Waals surface area contributed by atoms with E-state index in [2.05, 4.69) is 20.6 Å². The molecule has 3 rings (SSSR count). The summed E-state index contributed by atoms with van der Waals surface area (Å²) in [4.78, 5) is 20.4. The Morgan fingerprint density at radius 2 is 2.00 bits per heavy atom.